The van der Waals surface area contributed by atoms with E-state index in [1.165, 1.54) is 11.1 Å². The first-order chi connectivity index (χ1) is 5.97. The zero-order valence-electron chi connectivity index (χ0n) is 6.77. The monoisotopic (exact) mass is 158 g/mol. The Bertz CT molecular complexity index is 312. The van der Waals surface area contributed by atoms with Gasteiger partial charge in [0.05, 0.1) is 0 Å². The third kappa shape index (κ3) is 1.42. The van der Waals surface area contributed by atoms with Gasteiger partial charge >= 0.3 is 0 Å². The smallest absolute Gasteiger partial charge is 0.0429 e. The fraction of sp³-hybridized carbons (Fsp3) is 0.200. The van der Waals surface area contributed by atoms with Crippen LogP contribution < -0.4 is 0 Å². The van der Waals surface area contributed by atoms with Gasteiger partial charge in [0.25, 0.3) is 0 Å². The standard InChI is InChI=1S/C10H10N2/c1-5-11-6-2-9(1)10-3-7-12-8-4-10/h1-3,5-7H,4,8H2. The molecule has 0 unspecified atom stereocenters. The molecule has 2 rings (SSSR count). The molecule has 0 aromatic carbocycles. The fourth-order valence-electron chi connectivity index (χ4n) is 1.29. The van der Waals surface area contributed by atoms with Crippen molar-refractivity contribution in [2.24, 2.45) is 4.99 Å². The number of aliphatic imine (C=N–C) groups is 1. The summed E-state index contributed by atoms with van der Waals surface area (Å²) >= 11 is 0. The highest BCUT2D eigenvalue weighted by molar-refractivity contribution is 5.86. The molecule has 1 aliphatic heterocycles. The number of dihydropyridines is 1. The molecule has 60 valence electrons. The van der Waals surface area contributed by atoms with Crippen molar-refractivity contribution < 1.29 is 0 Å². The van der Waals surface area contributed by atoms with Crippen molar-refractivity contribution in [1.82, 2.24) is 4.98 Å². The van der Waals surface area contributed by atoms with Gasteiger partial charge in [0.1, 0.15) is 0 Å². The summed E-state index contributed by atoms with van der Waals surface area (Å²) in [4.78, 5) is 8.12. The van der Waals surface area contributed by atoms with Crippen LogP contribution in [-0.4, -0.2) is 17.7 Å². The van der Waals surface area contributed by atoms with E-state index >= 15 is 0 Å². The topological polar surface area (TPSA) is 25.2 Å². The molecule has 0 saturated carbocycles. The number of rotatable bonds is 1. The summed E-state index contributed by atoms with van der Waals surface area (Å²) in [7, 11) is 0. The number of aromatic nitrogens is 1. The predicted octanol–water partition coefficient (Wildman–Crippen LogP) is 1.94. The highest BCUT2D eigenvalue weighted by Gasteiger charge is 2.01. The van der Waals surface area contributed by atoms with Gasteiger partial charge in [0.15, 0.2) is 0 Å². The Morgan fingerprint density at radius 2 is 2.00 bits per heavy atom. The van der Waals surface area contributed by atoms with Crippen LogP contribution in [0.2, 0.25) is 0 Å². The van der Waals surface area contributed by atoms with Crippen LogP contribution in [0.4, 0.5) is 0 Å². The molecule has 2 heterocycles. The van der Waals surface area contributed by atoms with E-state index in [2.05, 4.69) is 16.1 Å². The van der Waals surface area contributed by atoms with Crippen LogP contribution in [0.5, 0.6) is 0 Å². The van der Waals surface area contributed by atoms with Gasteiger partial charge in [-0.2, -0.15) is 0 Å². The Morgan fingerprint density at radius 3 is 2.67 bits per heavy atom. The van der Waals surface area contributed by atoms with Gasteiger partial charge in [-0.15, -0.1) is 0 Å². The molecule has 0 fully saturated rings. The van der Waals surface area contributed by atoms with Gasteiger partial charge in [-0.1, -0.05) is 0 Å². The number of hydrogen-bond donors (Lipinski definition) is 0. The lowest BCUT2D eigenvalue weighted by Gasteiger charge is -2.07. The van der Waals surface area contributed by atoms with E-state index in [-0.39, 0.29) is 0 Å². The van der Waals surface area contributed by atoms with Crippen molar-refractivity contribution in [2.45, 2.75) is 6.42 Å². The first-order valence-electron chi connectivity index (χ1n) is 4.06. The molecule has 1 aromatic heterocycles. The van der Waals surface area contributed by atoms with E-state index < -0.39 is 0 Å². The summed E-state index contributed by atoms with van der Waals surface area (Å²) in [6, 6.07) is 4.07. The molecule has 12 heavy (non-hydrogen) atoms. The largest absolute Gasteiger partial charge is 0.293 e. The molecule has 0 N–H and O–H groups in total. The van der Waals surface area contributed by atoms with Crippen LogP contribution >= 0.6 is 0 Å². The van der Waals surface area contributed by atoms with Crippen LogP contribution in [0.15, 0.2) is 35.6 Å². The zero-order chi connectivity index (χ0) is 8.23. The minimum absolute atomic E-state index is 0.911. The molecule has 2 nitrogen and oxygen atoms in total. The van der Waals surface area contributed by atoms with E-state index in [0.717, 1.165) is 13.0 Å². The first kappa shape index (κ1) is 7.22. The molecule has 0 aliphatic carbocycles. The SMILES string of the molecule is C1=NCCC(c2ccncc2)=C1. The fourth-order valence-corrected chi connectivity index (χ4v) is 1.29. The molecule has 1 aliphatic rings. The van der Waals surface area contributed by atoms with E-state index in [9.17, 15) is 0 Å². The molecule has 0 bridgehead atoms. The number of pyridine rings is 1. The van der Waals surface area contributed by atoms with Crippen LogP contribution in [-0.2, 0) is 0 Å². The second-order valence-corrected chi connectivity index (χ2v) is 2.73. The van der Waals surface area contributed by atoms with Gasteiger partial charge in [0.2, 0.25) is 0 Å². The third-order valence-electron chi connectivity index (χ3n) is 1.94. The van der Waals surface area contributed by atoms with E-state index in [4.69, 9.17) is 0 Å². The maximum absolute atomic E-state index is 4.14. The van der Waals surface area contributed by atoms with Crippen LogP contribution in [0.3, 0.4) is 0 Å². The first-order valence-corrected chi connectivity index (χ1v) is 4.06. The lowest BCUT2D eigenvalue weighted by Crippen LogP contribution is -1.94. The minimum atomic E-state index is 0.911. The van der Waals surface area contributed by atoms with Gasteiger partial charge in [-0.05, 0) is 35.8 Å². The second-order valence-electron chi connectivity index (χ2n) is 2.73. The van der Waals surface area contributed by atoms with Crippen LogP contribution in [0.1, 0.15) is 12.0 Å². The molecule has 1 aromatic rings. The summed E-state index contributed by atoms with van der Waals surface area (Å²) in [6.07, 6.45) is 8.63. The summed E-state index contributed by atoms with van der Waals surface area (Å²) in [5.41, 5.74) is 2.61. The zero-order valence-corrected chi connectivity index (χ0v) is 6.77. The highest BCUT2D eigenvalue weighted by atomic mass is 14.7. The van der Waals surface area contributed by atoms with Gasteiger partial charge < -0.3 is 0 Å². The summed E-state index contributed by atoms with van der Waals surface area (Å²) in [5.74, 6) is 0. The van der Waals surface area contributed by atoms with Crippen molar-refractivity contribution in [2.75, 3.05) is 6.54 Å². The number of hydrogen-bond acceptors (Lipinski definition) is 2. The quantitative estimate of drug-likeness (QED) is 0.613. The van der Waals surface area contributed by atoms with Crippen molar-refractivity contribution in [3.63, 3.8) is 0 Å². The maximum Gasteiger partial charge on any atom is 0.0429 e. The Labute approximate surface area is 71.7 Å². The minimum Gasteiger partial charge on any atom is -0.293 e. The summed E-state index contributed by atoms with van der Waals surface area (Å²) in [5, 5.41) is 0. The van der Waals surface area contributed by atoms with Crippen molar-refractivity contribution >= 4 is 11.8 Å². The Balaban J connectivity index is 2.31. The third-order valence-corrected chi connectivity index (χ3v) is 1.94. The second kappa shape index (κ2) is 3.30. The van der Waals surface area contributed by atoms with Crippen LogP contribution in [0.25, 0.3) is 5.57 Å². The van der Waals surface area contributed by atoms with Crippen molar-refractivity contribution in [3.8, 4) is 0 Å². The molecule has 0 spiro atoms. The highest BCUT2D eigenvalue weighted by Crippen LogP contribution is 2.18. The van der Waals surface area contributed by atoms with Crippen LogP contribution in [0, 0.1) is 0 Å². The summed E-state index contributed by atoms with van der Waals surface area (Å²) in [6.45, 7) is 0.911. The molecule has 0 amide bonds. The number of allylic oxidation sites excluding steroid dienone is 1. The van der Waals surface area contributed by atoms with E-state index in [0.29, 0.717) is 0 Å². The van der Waals surface area contributed by atoms with Gasteiger partial charge in [-0.3, -0.25) is 9.98 Å². The maximum atomic E-state index is 4.14. The normalized spacial score (nSPS) is 15.8. The van der Waals surface area contributed by atoms with Gasteiger partial charge in [0, 0.05) is 25.2 Å². The molecule has 0 atom stereocenters. The molecule has 0 saturated heterocycles. The number of nitrogens with zero attached hydrogens (tertiary/aromatic N) is 2. The molecular formula is C10H10N2. The lowest BCUT2D eigenvalue weighted by molar-refractivity contribution is 1.02. The Morgan fingerprint density at radius 1 is 1.17 bits per heavy atom. The molecule has 2 heteroatoms. The molecule has 0 radical (unpaired) electrons. The summed E-state index contributed by atoms with van der Waals surface area (Å²) < 4.78 is 0. The average Bonchev–Trinajstić information content (AvgIpc) is 2.21. The average molecular weight is 158 g/mol. The predicted molar refractivity (Wildman–Crippen MR) is 50.2 cm³/mol. The molecular weight excluding hydrogens is 148 g/mol. The van der Waals surface area contributed by atoms with Crippen molar-refractivity contribution in [1.29, 1.82) is 0 Å². The van der Waals surface area contributed by atoms with Crippen molar-refractivity contribution in [3.05, 3.63) is 36.2 Å². The van der Waals surface area contributed by atoms with Gasteiger partial charge in [-0.25, -0.2) is 0 Å². The Kier molecular flexibility index (Phi) is 1.99. The lowest BCUT2D eigenvalue weighted by atomic mass is 10.0. The van der Waals surface area contributed by atoms with E-state index in [1.807, 2.05) is 30.7 Å². The van der Waals surface area contributed by atoms with E-state index in [1.54, 1.807) is 0 Å². The Hall–Kier alpha value is -1.44.